The number of nitrogens with zero attached hydrogens (tertiary/aromatic N) is 3. The van der Waals surface area contributed by atoms with Crippen LogP contribution in [0.5, 0.6) is 0 Å². The summed E-state index contributed by atoms with van der Waals surface area (Å²) >= 11 is 0. The Kier molecular flexibility index (Phi) is 8.67. The van der Waals surface area contributed by atoms with Gasteiger partial charge in [0.15, 0.2) is 0 Å². The quantitative estimate of drug-likeness (QED) is 0.596. The Labute approximate surface area is 177 Å². The van der Waals surface area contributed by atoms with Gasteiger partial charge in [0.05, 0.1) is 6.54 Å². The number of aliphatic hydroxyl groups excluding tert-OH is 1. The molecule has 0 unspecified atom stereocenters. The van der Waals surface area contributed by atoms with Crippen molar-refractivity contribution in [2.45, 2.75) is 46.1 Å². The number of pyridine rings is 1. The first-order valence-electron chi connectivity index (χ1n) is 9.87. The Bertz CT molecular complexity index is 891. The highest BCUT2D eigenvalue weighted by Crippen LogP contribution is 2.13. The Morgan fingerprint density at radius 1 is 1.31 bits per heavy atom. The Balaban J connectivity index is 0.00000300. The van der Waals surface area contributed by atoms with E-state index in [9.17, 15) is 9.90 Å². The zero-order chi connectivity index (χ0) is 19.9. The van der Waals surface area contributed by atoms with Crippen LogP contribution >= 0.6 is 12.4 Å². The van der Waals surface area contributed by atoms with E-state index in [1.165, 1.54) is 37.9 Å². The van der Waals surface area contributed by atoms with Gasteiger partial charge in [0, 0.05) is 36.1 Å². The van der Waals surface area contributed by atoms with Gasteiger partial charge in [-0.15, -0.1) is 12.4 Å². The molecule has 3 rings (SSSR count). The number of aromatic amines is 1. The van der Waals surface area contributed by atoms with Crippen molar-refractivity contribution in [3.8, 4) is 0 Å². The summed E-state index contributed by atoms with van der Waals surface area (Å²) in [5.41, 5.74) is 3.28. The van der Waals surface area contributed by atoms with Crippen molar-refractivity contribution in [2.75, 3.05) is 25.0 Å². The van der Waals surface area contributed by atoms with Crippen molar-refractivity contribution in [2.24, 2.45) is 0 Å². The highest BCUT2D eigenvalue weighted by atomic mass is 35.5. The molecule has 3 N–H and O–H groups in total. The maximum Gasteiger partial charge on any atom is 0.255 e. The number of anilines is 1. The molecule has 29 heavy (non-hydrogen) atoms. The molecular weight excluding hydrogens is 390 g/mol. The second-order valence-electron chi connectivity index (χ2n) is 7.37. The third kappa shape index (κ3) is 6.87. The van der Waals surface area contributed by atoms with Crippen LogP contribution in [0.3, 0.4) is 0 Å². The number of hydrogen-bond donors (Lipinski definition) is 3. The van der Waals surface area contributed by atoms with Gasteiger partial charge in [-0.25, -0.2) is 4.98 Å². The van der Waals surface area contributed by atoms with Crippen molar-refractivity contribution < 1.29 is 5.11 Å². The topological polar surface area (TPSA) is 94.1 Å². The number of likely N-dealkylation sites (tertiary alicyclic amines) is 1. The number of H-pyrrole nitrogens is 1. The highest BCUT2D eigenvalue weighted by molar-refractivity contribution is 5.85. The van der Waals surface area contributed by atoms with E-state index in [0.717, 1.165) is 12.2 Å². The Hall–Kier alpha value is -2.38. The van der Waals surface area contributed by atoms with E-state index in [1.54, 1.807) is 19.9 Å². The zero-order valence-electron chi connectivity index (χ0n) is 17.1. The zero-order valence-corrected chi connectivity index (χ0v) is 17.9. The van der Waals surface area contributed by atoms with Gasteiger partial charge in [-0.3, -0.25) is 19.7 Å². The van der Waals surface area contributed by atoms with Gasteiger partial charge in [-0.1, -0.05) is 6.42 Å². The van der Waals surface area contributed by atoms with Gasteiger partial charge >= 0.3 is 0 Å². The molecule has 0 saturated carbocycles. The van der Waals surface area contributed by atoms with Gasteiger partial charge in [-0.05, 0) is 63.6 Å². The maximum absolute atomic E-state index is 11.8. The molecule has 0 radical (unpaired) electrons. The molecule has 7 nitrogen and oxygen atoms in total. The van der Waals surface area contributed by atoms with E-state index in [4.69, 9.17) is 0 Å². The number of rotatable bonds is 7. The lowest BCUT2D eigenvalue weighted by Gasteiger charge is -2.26. The fourth-order valence-corrected chi connectivity index (χ4v) is 3.31. The predicted molar refractivity (Wildman–Crippen MR) is 118 cm³/mol. The van der Waals surface area contributed by atoms with Crippen LogP contribution in [0.15, 0.2) is 35.0 Å². The Morgan fingerprint density at radius 3 is 2.79 bits per heavy atom. The van der Waals surface area contributed by atoms with Gasteiger partial charge in [-0.2, -0.15) is 0 Å². The van der Waals surface area contributed by atoms with E-state index in [2.05, 4.69) is 37.3 Å². The van der Waals surface area contributed by atoms with Crippen LogP contribution < -0.4 is 10.9 Å². The Morgan fingerprint density at radius 2 is 2.07 bits per heavy atom. The van der Waals surface area contributed by atoms with Crippen molar-refractivity contribution in [3.05, 3.63) is 63.0 Å². The molecule has 8 heteroatoms. The summed E-state index contributed by atoms with van der Waals surface area (Å²) in [6, 6.07) is 4.17. The average molecular weight is 420 g/mol. The van der Waals surface area contributed by atoms with Crippen LogP contribution in [0.4, 0.5) is 5.95 Å². The molecule has 0 atom stereocenters. The molecule has 0 bridgehead atoms. The fraction of sp³-hybridized carbons (Fsp3) is 0.476. The number of halogens is 1. The normalized spacial score (nSPS) is 15.0. The SMILES string of the molecule is Cc1nc(NC/C(O)=C/Cc2cc(CN3CCCCC3)ccn2)[nH]c(=O)c1C.Cl. The molecule has 0 aliphatic carbocycles. The molecule has 2 aromatic heterocycles. The molecule has 1 fully saturated rings. The number of aliphatic hydroxyl groups is 1. The summed E-state index contributed by atoms with van der Waals surface area (Å²) in [5, 5.41) is 13.1. The smallest absolute Gasteiger partial charge is 0.255 e. The van der Waals surface area contributed by atoms with E-state index < -0.39 is 0 Å². The standard InChI is InChI=1S/C21H29N5O2.ClH/c1-15-16(2)24-21(25-20(15)28)23-13-19(27)7-6-18-12-17(8-9-22-18)14-26-10-4-3-5-11-26;/h7-9,12,27H,3-6,10-11,13-14H2,1-2H3,(H2,23,24,25,28);1H/b19-7-;. The third-order valence-electron chi connectivity index (χ3n) is 5.11. The third-order valence-corrected chi connectivity index (χ3v) is 5.11. The minimum absolute atomic E-state index is 0. The molecular formula is C21H30ClN5O2. The lowest BCUT2D eigenvalue weighted by atomic mass is 10.1. The van der Waals surface area contributed by atoms with Gasteiger partial charge < -0.3 is 10.4 Å². The fourth-order valence-electron chi connectivity index (χ4n) is 3.31. The summed E-state index contributed by atoms with van der Waals surface area (Å²) in [7, 11) is 0. The van der Waals surface area contributed by atoms with Crippen molar-refractivity contribution in [1.82, 2.24) is 19.9 Å². The van der Waals surface area contributed by atoms with Gasteiger partial charge in [0.25, 0.3) is 5.56 Å². The van der Waals surface area contributed by atoms with E-state index in [0.29, 0.717) is 23.6 Å². The summed E-state index contributed by atoms with van der Waals surface area (Å²) in [5.74, 6) is 0.541. The second-order valence-corrected chi connectivity index (χ2v) is 7.37. The molecule has 0 amide bonds. The van der Waals surface area contributed by atoms with E-state index in [1.807, 2.05) is 6.20 Å². The van der Waals surface area contributed by atoms with Gasteiger partial charge in [0.2, 0.25) is 5.95 Å². The molecule has 1 aliphatic rings. The van der Waals surface area contributed by atoms with E-state index >= 15 is 0 Å². The van der Waals surface area contributed by atoms with Crippen LogP contribution in [0.25, 0.3) is 0 Å². The van der Waals surface area contributed by atoms with Crippen LogP contribution in [-0.4, -0.2) is 44.6 Å². The van der Waals surface area contributed by atoms with Crippen LogP contribution in [0, 0.1) is 13.8 Å². The van der Waals surface area contributed by atoms with Crippen LogP contribution in [0.1, 0.15) is 41.8 Å². The molecule has 158 valence electrons. The monoisotopic (exact) mass is 419 g/mol. The summed E-state index contributed by atoms with van der Waals surface area (Å²) in [4.78, 5) is 25.6. The minimum Gasteiger partial charge on any atom is -0.511 e. The highest BCUT2D eigenvalue weighted by Gasteiger charge is 2.10. The summed E-state index contributed by atoms with van der Waals surface area (Å²) in [6.07, 6.45) is 8.02. The van der Waals surface area contributed by atoms with Crippen LogP contribution in [0.2, 0.25) is 0 Å². The number of allylic oxidation sites excluding steroid dienone is 1. The molecule has 0 spiro atoms. The number of piperidine rings is 1. The number of aromatic nitrogens is 3. The van der Waals surface area contributed by atoms with Crippen molar-refractivity contribution in [1.29, 1.82) is 0 Å². The number of aryl methyl sites for hydroxylation is 1. The molecule has 2 aromatic rings. The molecule has 1 aliphatic heterocycles. The molecule has 0 aromatic carbocycles. The second kappa shape index (κ2) is 11.0. The predicted octanol–water partition coefficient (Wildman–Crippen LogP) is 3.29. The van der Waals surface area contributed by atoms with E-state index in [-0.39, 0.29) is 30.3 Å². The molecule has 3 heterocycles. The summed E-state index contributed by atoms with van der Waals surface area (Å²) < 4.78 is 0. The molecule has 1 saturated heterocycles. The first-order chi connectivity index (χ1) is 13.5. The van der Waals surface area contributed by atoms with Gasteiger partial charge in [0.1, 0.15) is 5.76 Å². The summed E-state index contributed by atoms with van der Waals surface area (Å²) in [6.45, 7) is 7.00. The minimum atomic E-state index is -0.173. The largest absolute Gasteiger partial charge is 0.511 e. The van der Waals surface area contributed by atoms with Crippen molar-refractivity contribution in [3.63, 3.8) is 0 Å². The number of nitrogens with one attached hydrogen (secondary N) is 2. The lowest BCUT2D eigenvalue weighted by molar-refractivity contribution is 0.221. The maximum atomic E-state index is 11.8. The average Bonchev–Trinajstić information content (AvgIpc) is 2.70. The lowest BCUT2D eigenvalue weighted by Crippen LogP contribution is -2.29. The number of hydrogen-bond acceptors (Lipinski definition) is 6. The first kappa shape index (κ1) is 22.9. The first-order valence-corrected chi connectivity index (χ1v) is 9.87. The van der Waals surface area contributed by atoms with Crippen LogP contribution in [-0.2, 0) is 13.0 Å². The van der Waals surface area contributed by atoms with Crippen molar-refractivity contribution >= 4 is 18.4 Å².